The Morgan fingerprint density at radius 3 is 2.86 bits per heavy atom. The summed E-state index contributed by atoms with van der Waals surface area (Å²) >= 11 is 0. The molecule has 21 heavy (non-hydrogen) atoms. The predicted octanol–water partition coefficient (Wildman–Crippen LogP) is 3.58. The van der Waals surface area contributed by atoms with Gasteiger partial charge in [0.15, 0.2) is 0 Å². The van der Waals surface area contributed by atoms with E-state index >= 15 is 0 Å². The molecule has 0 saturated carbocycles. The summed E-state index contributed by atoms with van der Waals surface area (Å²) in [5.41, 5.74) is 11.5. The lowest BCUT2D eigenvalue weighted by atomic mass is 9.98. The fourth-order valence-electron chi connectivity index (χ4n) is 2.78. The topological polar surface area (TPSA) is 44.5 Å². The van der Waals surface area contributed by atoms with Gasteiger partial charge in [-0.1, -0.05) is 30.3 Å². The minimum Gasteiger partial charge on any atom is -0.490 e. The van der Waals surface area contributed by atoms with Crippen molar-refractivity contribution in [2.24, 2.45) is 0 Å². The lowest BCUT2D eigenvalue weighted by molar-refractivity contribution is 0.0101. The van der Waals surface area contributed by atoms with Gasteiger partial charge in [-0.2, -0.15) is 0 Å². The molecule has 0 saturated heterocycles. The number of fused-ring (bicyclic) bond motifs is 1. The molecule has 0 radical (unpaired) electrons. The number of benzene rings is 2. The highest BCUT2D eigenvalue weighted by Gasteiger charge is 2.21. The van der Waals surface area contributed by atoms with Gasteiger partial charge >= 0.3 is 0 Å². The van der Waals surface area contributed by atoms with E-state index in [-0.39, 0.29) is 6.10 Å². The Labute approximate surface area is 125 Å². The maximum Gasteiger partial charge on any atom is 0.124 e. The molecule has 0 spiro atoms. The van der Waals surface area contributed by atoms with E-state index in [2.05, 4.69) is 30.3 Å². The fourth-order valence-corrected chi connectivity index (χ4v) is 2.78. The fraction of sp³-hybridized carbons (Fsp3) is 0.333. The second-order valence-corrected chi connectivity index (χ2v) is 5.59. The number of aryl methyl sites for hydroxylation is 2. The molecule has 2 aromatic carbocycles. The maximum atomic E-state index is 5.96. The molecule has 1 unspecified atom stereocenters. The first-order valence-electron chi connectivity index (χ1n) is 7.34. The second kappa shape index (κ2) is 5.78. The summed E-state index contributed by atoms with van der Waals surface area (Å²) in [5.74, 6) is 0.838. The van der Waals surface area contributed by atoms with Crippen LogP contribution in [0.15, 0.2) is 36.4 Å². The first-order chi connectivity index (χ1) is 10.1. The van der Waals surface area contributed by atoms with Crippen molar-refractivity contribution in [3.05, 3.63) is 58.7 Å². The molecular weight excluding hydrogens is 262 g/mol. The van der Waals surface area contributed by atoms with Gasteiger partial charge in [-0.3, -0.25) is 0 Å². The van der Waals surface area contributed by atoms with Crippen LogP contribution < -0.4 is 10.5 Å². The van der Waals surface area contributed by atoms with Crippen molar-refractivity contribution in [1.29, 1.82) is 0 Å². The third-order valence-corrected chi connectivity index (χ3v) is 4.05. The Kier molecular flexibility index (Phi) is 3.84. The van der Waals surface area contributed by atoms with Gasteiger partial charge in [0.25, 0.3) is 0 Å². The second-order valence-electron chi connectivity index (χ2n) is 5.59. The van der Waals surface area contributed by atoms with Crippen LogP contribution in [0.1, 0.15) is 28.4 Å². The van der Waals surface area contributed by atoms with E-state index in [0.717, 1.165) is 35.6 Å². The molecule has 2 N–H and O–H groups in total. The zero-order chi connectivity index (χ0) is 14.8. The Hall–Kier alpha value is -2.00. The van der Waals surface area contributed by atoms with Crippen LogP contribution in [0.4, 0.5) is 5.69 Å². The van der Waals surface area contributed by atoms with Gasteiger partial charge in [0.1, 0.15) is 18.5 Å². The molecule has 0 fully saturated rings. The molecule has 1 aliphatic heterocycles. The molecule has 0 bridgehead atoms. The Balaban J connectivity index is 1.76. The van der Waals surface area contributed by atoms with Crippen molar-refractivity contribution >= 4 is 5.69 Å². The Morgan fingerprint density at radius 2 is 2.00 bits per heavy atom. The monoisotopic (exact) mass is 283 g/mol. The number of nitrogen functional groups attached to an aromatic ring is 1. The van der Waals surface area contributed by atoms with Gasteiger partial charge in [-0.25, -0.2) is 0 Å². The van der Waals surface area contributed by atoms with Crippen molar-refractivity contribution in [3.8, 4) is 5.75 Å². The van der Waals surface area contributed by atoms with Gasteiger partial charge in [0, 0.05) is 11.8 Å². The number of ether oxygens (including phenoxy) is 2. The highest BCUT2D eigenvalue weighted by molar-refractivity contribution is 5.54. The number of nitrogens with two attached hydrogens (primary N) is 1. The van der Waals surface area contributed by atoms with E-state index in [9.17, 15) is 0 Å². The molecule has 3 heteroatoms. The summed E-state index contributed by atoms with van der Waals surface area (Å²) < 4.78 is 11.8. The summed E-state index contributed by atoms with van der Waals surface area (Å²) in [6.45, 7) is 5.31. The summed E-state index contributed by atoms with van der Waals surface area (Å²) in [4.78, 5) is 0. The summed E-state index contributed by atoms with van der Waals surface area (Å²) in [5, 5.41) is 0. The molecule has 1 aliphatic rings. The van der Waals surface area contributed by atoms with Crippen LogP contribution >= 0.6 is 0 Å². The molecule has 0 aromatic heterocycles. The van der Waals surface area contributed by atoms with Crippen LogP contribution in [0.5, 0.6) is 5.75 Å². The molecule has 3 rings (SSSR count). The van der Waals surface area contributed by atoms with Gasteiger partial charge in [0.2, 0.25) is 0 Å². The van der Waals surface area contributed by atoms with Gasteiger partial charge < -0.3 is 15.2 Å². The average molecular weight is 283 g/mol. The van der Waals surface area contributed by atoms with E-state index in [4.69, 9.17) is 15.2 Å². The van der Waals surface area contributed by atoms with Crippen molar-refractivity contribution in [2.45, 2.75) is 26.4 Å². The van der Waals surface area contributed by atoms with E-state index in [1.807, 2.05) is 19.9 Å². The summed E-state index contributed by atoms with van der Waals surface area (Å²) in [7, 11) is 0. The molecule has 1 heterocycles. The van der Waals surface area contributed by atoms with Crippen LogP contribution in [0.25, 0.3) is 0 Å². The number of hydrogen-bond donors (Lipinski definition) is 1. The lowest BCUT2D eigenvalue weighted by Gasteiger charge is -2.26. The SMILES string of the molecule is Cc1cc(C)c(OCC2OCCc3ccccc32)cc1N. The maximum absolute atomic E-state index is 5.96. The van der Waals surface area contributed by atoms with Crippen molar-refractivity contribution in [2.75, 3.05) is 18.9 Å². The molecule has 2 aromatic rings. The largest absolute Gasteiger partial charge is 0.490 e. The van der Waals surface area contributed by atoms with Crippen molar-refractivity contribution in [3.63, 3.8) is 0 Å². The highest BCUT2D eigenvalue weighted by Crippen LogP contribution is 2.29. The Morgan fingerprint density at radius 1 is 1.19 bits per heavy atom. The molecule has 3 nitrogen and oxygen atoms in total. The predicted molar refractivity (Wildman–Crippen MR) is 84.7 cm³/mol. The summed E-state index contributed by atoms with van der Waals surface area (Å²) in [6.07, 6.45) is 0.972. The van der Waals surface area contributed by atoms with Crippen LogP contribution in [-0.2, 0) is 11.2 Å². The van der Waals surface area contributed by atoms with Gasteiger partial charge in [-0.05, 0) is 42.5 Å². The molecule has 110 valence electrons. The first kappa shape index (κ1) is 14.0. The van der Waals surface area contributed by atoms with Gasteiger partial charge in [-0.15, -0.1) is 0 Å². The smallest absolute Gasteiger partial charge is 0.124 e. The third-order valence-electron chi connectivity index (χ3n) is 4.05. The van der Waals surface area contributed by atoms with E-state index in [0.29, 0.717) is 6.61 Å². The van der Waals surface area contributed by atoms with Gasteiger partial charge in [0.05, 0.1) is 6.61 Å². The van der Waals surface area contributed by atoms with Crippen LogP contribution in [0.2, 0.25) is 0 Å². The first-order valence-corrected chi connectivity index (χ1v) is 7.34. The number of hydrogen-bond acceptors (Lipinski definition) is 3. The highest BCUT2D eigenvalue weighted by atomic mass is 16.5. The third kappa shape index (κ3) is 2.88. The number of rotatable bonds is 3. The standard InChI is InChI=1S/C18H21NO2/c1-12-9-13(2)17(10-16(12)19)21-11-18-15-6-4-3-5-14(15)7-8-20-18/h3-6,9-10,18H,7-8,11,19H2,1-2H3. The van der Waals surface area contributed by atoms with E-state index in [1.54, 1.807) is 0 Å². The van der Waals surface area contributed by atoms with E-state index in [1.165, 1.54) is 11.1 Å². The molecular formula is C18H21NO2. The van der Waals surface area contributed by atoms with Crippen molar-refractivity contribution in [1.82, 2.24) is 0 Å². The van der Waals surface area contributed by atoms with Crippen molar-refractivity contribution < 1.29 is 9.47 Å². The van der Waals surface area contributed by atoms with Crippen LogP contribution in [0, 0.1) is 13.8 Å². The minimum atomic E-state index is -0.00289. The normalized spacial score (nSPS) is 17.3. The van der Waals surface area contributed by atoms with Crippen LogP contribution in [0.3, 0.4) is 0 Å². The zero-order valence-corrected chi connectivity index (χ0v) is 12.6. The number of anilines is 1. The molecule has 0 amide bonds. The zero-order valence-electron chi connectivity index (χ0n) is 12.6. The molecule has 1 atom stereocenters. The minimum absolute atomic E-state index is 0.00289. The molecule has 0 aliphatic carbocycles. The Bertz CT molecular complexity index is 652. The van der Waals surface area contributed by atoms with Crippen LogP contribution in [-0.4, -0.2) is 13.2 Å². The van der Waals surface area contributed by atoms with E-state index < -0.39 is 0 Å². The summed E-state index contributed by atoms with van der Waals surface area (Å²) in [6, 6.07) is 12.4. The quantitative estimate of drug-likeness (QED) is 0.876. The lowest BCUT2D eigenvalue weighted by Crippen LogP contribution is -2.21. The average Bonchev–Trinajstić information content (AvgIpc) is 2.49.